The summed E-state index contributed by atoms with van der Waals surface area (Å²) in [5.41, 5.74) is 3.09. The number of rotatable bonds is 5. The van der Waals surface area contributed by atoms with Crippen LogP contribution in [0.4, 0.5) is 11.4 Å². The number of para-hydroxylation sites is 1. The van der Waals surface area contributed by atoms with Crippen molar-refractivity contribution in [3.63, 3.8) is 0 Å². The lowest BCUT2D eigenvalue weighted by atomic mass is 10.2. The quantitative estimate of drug-likeness (QED) is 0.769. The van der Waals surface area contributed by atoms with Crippen LogP contribution in [0.5, 0.6) is 0 Å². The molecule has 2 aromatic rings. The Morgan fingerprint density at radius 2 is 1.75 bits per heavy atom. The van der Waals surface area contributed by atoms with Crippen LogP contribution in [-0.4, -0.2) is 49.4 Å². The molecule has 1 aliphatic heterocycles. The number of aryl methyl sites for hydroxylation is 1. The normalized spacial score (nSPS) is 14.1. The van der Waals surface area contributed by atoms with Gasteiger partial charge in [0.15, 0.2) is 0 Å². The Labute approximate surface area is 171 Å². The molecule has 0 spiro atoms. The van der Waals surface area contributed by atoms with Crippen LogP contribution in [0.1, 0.15) is 18.9 Å². The zero-order valence-electron chi connectivity index (χ0n) is 16.4. The summed E-state index contributed by atoms with van der Waals surface area (Å²) in [7, 11) is 0. The maximum absolute atomic E-state index is 12.7. The van der Waals surface area contributed by atoms with Gasteiger partial charge in [-0.3, -0.25) is 9.59 Å². The number of halogens is 1. The van der Waals surface area contributed by atoms with E-state index in [1.54, 1.807) is 17.0 Å². The average molecular weight is 400 g/mol. The highest BCUT2D eigenvalue weighted by molar-refractivity contribution is 6.33. The molecule has 148 valence electrons. The first-order valence-electron chi connectivity index (χ1n) is 9.58. The number of amides is 2. The molecule has 1 fully saturated rings. The number of anilines is 2. The first-order valence-corrected chi connectivity index (χ1v) is 9.95. The average Bonchev–Trinajstić information content (AvgIpc) is 2.69. The second-order valence-electron chi connectivity index (χ2n) is 7.08. The first-order chi connectivity index (χ1) is 13.5. The fourth-order valence-electron chi connectivity index (χ4n) is 3.52. The van der Waals surface area contributed by atoms with Crippen molar-refractivity contribution in [2.45, 2.75) is 20.3 Å². The lowest BCUT2D eigenvalue weighted by molar-refractivity contribution is -0.131. The molecule has 0 aromatic heterocycles. The van der Waals surface area contributed by atoms with Gasteiger partial charge in [-0.05, 0) is 36.8 Å². The maximum atomic E-state index is 12.7. The molecule has 2 aromatic carbocycles. The van der Waals surface area contributed by atoms with E-state index in [-0.39, 0.29) is 18.2 Å². The van der Waals surface area contributed by atoms with Crippen LogP contribution in [0, 0.1) is 6.92 Å². The van der Waals surface area contributed by atoms with Crippen molar-refractivity contribution >= 4 is 34.8 Å². The highest BCUT2D eigenvalue weighted by Crippen LogP contribution is 2.25. The first kappa shape index (κ1) is 20.2. The van der Waals surface area contributed by atoms with Gasteiger partial charge in [-0.25, -0.2) is 0 Å². The van der Waals surface area contributed by atoms with Crippen molar-refractivity contribution in [3.05, 3.63) is 59.1 Å². The predicted molar refractivity (Wildman–Crippen MR) is 114 cm³/mol. The minimum Gasteiger partial charge on any atom is -0.368 e. The van der Waals surface area contributed by atoms with Gasteiger partial charge in [0.1, 0.15) is 0 Å². The highest BCUT2D eigenvalue weighted by atomic mass is 35.5. The zero-order chi connectivity index (χ0) is 20.1. The Bertz CT molecular complexity index is 847. The van der Waals surface area contributed by atoms with E-state index in [1.165, 1.54) is 18.2 Å². The molecule has 1 aliphatic rings. The standard InChI is InChI=1S/C22H26ClN3O2/c1-17-6-5-7-19(16-17)24-12-14-25(15-13-24)22(28)10-11-26(18(2)27)21-9-4-3-8-20(21)23/h3-9,16H,10-15H2,1-2H3. The molecule has 2 amide bonds. The number of nitrogens with zero attached hydrogens (tertiary/aromatic N) is 3. The third-order valence-electron chi connectivity index (χ3n) is 5.07. The van der Waals surface area contributed by atoms with Gasteiger partial charge >= 0.3 is 0 Å². The van der Waals surface area contributed by atoms with Gasteiger partial charge in [0.25, 0.3) is 0 Å². The minimum absolute atomic E-state index is 0.0715. The van der Waals surface area contributed by atoms with E-state index in [0.29, 0.717) is 30.3 Å². The molecule has 0 radical (unpaired) electrons. The van der Waals surface area contributed by atoms with Crippen LogP contribution >= 0.6 is 11.6 Å². The van der Waals surface area contributed by atoms with E-state index >= 15 is 0 Å². The lowest BCUT2D eigenvalue weighted by Crippen LogP contribution is -2.49. The van der Waals surface area contributed by atoms with Crippen LogP contribution in [0.25, 0.3) is 0 Å². The van der Waals surface area contributed by atoms with E-state index in [1.807, 2.05) is 17.0 Å². The smallest absolute Gasteiger partial charge is 0.224 e. The molecule has 0 aliphatic carbocycles. The van der Waals surface area contributed by atoms with Crippen LogP contribution in [0.3, 0.4) is 0 Å². The SMILES string of the molecule is CC(=O)N(CCC(=O)N1CCN(c2cccc(C)c2)CC1)c1ccccc1Cl. The summed E-state index contributed by atoms with van der Waals surface area (Å²) in [4.78, 5) is 30.5. The van der Waals surface area contributed by atoms with E-state index < -0.39 is 0 Å². The van der Waals surface area contributed by atoms with Gasteiger partial charge in [-0.2, -0.15) is 0 Å². The van der Waals surface area contributed by atoms with Gasteiger partial charge in [-0.15, -0.1) is 0 Å². The summed E-state index contributed by atoms with van der Waals surface area (Å²) in [6, 6.07) is 15.6. The zero-order valence-corrected chi connectivity index (χ0v) is 17.2. The van der Waals surface area contributed by atoms with Crippen LogP contribution in [-0.2, 0) is 9.59 Å². The van der Waals surface area contributed by atoms with E-state index in [4.69, 9.17) is 11.6 Å². The third-order valence-corrected chi connectivity index (χ3v) is 5.39. The number of benzene rings is 2. The van der Waals surface area contributed by atoms with Gasteiger partial charge in [0.2, 0.25) is 11.8 Å². The summed E-state index contributed by atoms with van der Waals surface area (Å²) in [6.07, 6.45) is 0.287. The fourth-order valence-corrected chi connectivity index (χ4v) is 3.76. The Morgan fingerprint density at radius 1 is 1.04 bits per heavy atom. The van der Waals surface area contributed by atoms with Gasteiger partial charge in [-0.1, -0.05) is 35.9 Å². The molecule has 5 nitrogen and oxygen atoms in total. The Hall–Kier alpha value is -2.53. The molecule has 6 heteroatoms. The molecule has 1 heterocycles. The Kier molecular flexibility index (Phi) is 6.57. The maximum Gasteiger partial charge on any atom is 0.224 e. The van der Waals surface area contributed by atoms with Crippen molar-refractivity contribution in [1.29, 1.82) is 0 Å². The monoisotopic (exact) mass is 399 g/mol. The minimum atomic E-state index is -0.120. The van der Waals surface area contributed by atoms with E-state index in [2.05, 4.69) is 36.1 Å². The Balaban J connectivity index is 1.55. The van der Waals surface area contributed by atoms with Crippen LogP contribution in [0.2, 0.25) is 5.02 Å². The predicted octanol–water partition coefficient (Wildman–Crippen LogP) is 3.74. The van der Waals surface area contributed by atoms with Gasteiger partial charge in [0.05, 0.1) is 10.7 Å². The Morgan fingerprint density at radius 3 is 2.39 bits per heavy atom. The summed E-state index contributed by atoms with van der Waals surface area (Å²) >= 11 is 6.22. The molecule has 0 atom stereocenters. The van der Waals surface area contributed by atoms with Crippen molar-refractivity contribution in [2.75, 3.05) is 42.5 Å². The molecule has 0 saturated carbocycles. The summed E-state index contributed by atoms with van der Waals surface area (Å²) in [5, 5.41) is 0.511. The second-order valence-corrected chi connectivity index (χ2v) is 7.49. The molecule has 0 unspecified atom stereocenters. The highest BCUT2D eigenvalue weighted by Gasteiger charge is 2.23. The molecule has 28 heavy (non-hydrogen) atoms. The van der Waals surface area contributed by atoms with Crippen molar-refractivity contribution in [3.8, 4) is 0 Å². The largest absolute Gasteiger partial charge is 0.368 e. The topological polar surface area (TPSA) is 43.9 Å². The van der Waals surface area contributed by atoms with Crippen LogP contribution < -0.4 is 9.80 Å². The summed E-state index contributed by atoms with van der Waals surface area (Å²) in [6.45, 7) is 6.93. The number of hydrogen-bond donors (Lipinski definition) is 0. The fraction of sp³-hybridized carbons (Fsp3) is 0.364. The molecular weight excluding hydrogens is 374 g/mol. The number of piperazine rings is 1. The van der Waals surface area contributed by atoms with Crippen molar-refractivity contribution in [1.82, 2.24) is 4.90 Å². The van der Waals surface area contributed by atoms with Gasteiger partial charge < -0.3 is 14.7 Å². The lowest BCUT2D eigenvalue weighted by Gasteiger charge is -2.36. The van der Waals surface area contributed by atoms with Crippen LogP contribution in [0.15, 0.2) is 48.5 Å². The number of carbonyl (C=O) groups excluding carboxylic acids is 2. The molecular formula is C22H26ClN3O2. The van der Waals surface area contributed by atoms with Crippen molar-refractivity contribution < 1.29 is 9.59 Å². The molecule has 3 rings (SSSR count). The number of hydrogen-bond acceptors (Lipinski definition) is 3. The van der Waals surface area contributed by atoms with E-state index in [0.717, 1.165) is 13.1 Å². The van der Waals surface area contributed by atoms with E-state index in [9.17, 15) is 9.59 Å². The molecule has 0 N–H and O–H groups in total. The second kappa shape index (κ2) is 9.11. The van der Waals surface area contributed by atoms with Gasteiger partial charge in [0, 0.05) is 51.8 Å². The summed E-state index contributed by atoms with van der Waals surface area (Å²) < 4.78 is 0. The third kappa shape index (κ3) is 4.84. The van der Waals surface area contributed by atoms with Crippen molar-refractivity contribution in [2.24, 2.45) is 0 Å². The summed E-state index contributed by atoms with van der Waals surface area (Å²) in [5.74, 6) is -0.0487. The number of carbonyl (C=O) groups is 2. The molecule has 0 bridgehead atoms. The molecule has 1 saturated heterocycles.